The van der Waals surface area contributed by atoms with E-state index in [-0.39, 0.29) is 0 Å². The zero-order chi connectivity index (χ0) is 10.1. The van der Waals surface area contributed by atoms with E-state index in [2.05, 4.69) is 35.0 Å². The minimum absolute atomic E-state index is 0.509. The topological polar surface area (TPSA) is 12.0 Å². The number of benzene rings is 1. The van der Waals surface area contributed by atoms with Crippen LogP contribution in [-0.4, -0.2) is 12.3 Å². The Morgan fingerprint density at radius 3 is 3.07 bits per heavy atom. The molecular weight excluding hydrogens is 222 g/mol. The van der Waals surface area contributed by atoms with Crippen molar-refractivity contribution in [2.45, 2.75) is 11.8 Å². The van der Waals surface area contributed by atoms with Crippen LogP contribution >= 0.6 is 23.1 Å². The molecule has 0 amide bonds. The standard InChI is InChI=1S/C12H13NS2/c1-2-5-11-9(4-1)10(8-15-11)12-13-6-3-7-14-12/h1-2,4-5,8,12-13H,3,6-7H2. The minimum Gasteiger partial charge on any atom is -0.302 e. The van der Waals surface area contributed by atoms with Gasteiger partial charge in [0.2, 0.25) is 0 Å². The Morgan fingerprint density at radius 1 is 1.27 bits per heavy atom. The van der Waals surface area contributed by atoms with Crippen molar-refractivity contribution in [3.63, 3.8) is 0 Å². The molecule has 1 atom stereocenters. The van der Waals surface area contributed by atoms with E-state index in [1.54, 1.807) is 0 Å². The van der Waals surface area contributed by atoms with E-state index in [0.29, 0.717) is 5.37 Å². The lowest BCUT2D eigenvalue weighted by molar-refractivity contribution is 0.646. The molecule has 1 aromatic carbocycles. The van der Waals surface area contributed by atoms with Crippen molar-refractivity contribution in [1.29, 1.82) is 0 Å². The van der Waals surface area contributed by atoms with Crippen LogP contribution in [0.25, 0.3) is 10.1 Å². The van der Waals surface area contributed by atoms with E-state index in [0.717, 1.165) is 6.54 Å². The third kappa shape index (κ3) is 1.80. The van der Waals surface area contributed by atoms with Crippen molar-refractivity contribution in [1.82, 2.24) is 5.32 Å². The molecule has 3 rings (SSSR count). The molecule has 1 fully saturated rings. The molecule has 3 heteroatoms. The van der Waals surface area contributed by atoms with Crippen LogP contribution in [0.5, 0.6) is 0 Å². The predicted octanol–water partition coefficient (Wildman–Crippen LogP) is 3.63. The number of hydrogen-bond donors (Lipinski definition) is 1. The maximum absolute atomic E-state index is 3.58. The molecule has 1 nitrogen and oxygen atoms in total. The van der Waals surface area contributed by atoms with Crippen LogP contribution in [0.3, 0.4) is 0 Å². The number of fused-ring (bicyclic) bond motifs is 1. The molecule has 1 N–H and O–H groups in total. The van der Waals surface area contributed by atoms with Crippen LogP contribution in [0.2, 0.25) is 0 Å². The van der Waals surface area contributed by atoms with Gasteiger partial charge in [-0.2, -0.15) is 0 Å². The normalized spacial score (nSPS) is 22.0. The first-order valence-corrected chi connectivity index (χ1v) is 7.19. The molecule has 1 aliphatic rings. The van der Waals surface area contributed by atoms with Crippen molar-refractivity contribution in [2.75, 3.05) is 12.3 Å². The second-order valence-corrected chi connectivity index (χ2v) is 5.87. The summed E-state index contributed by atoms with van der Waals surface area (Å²) in [4.78, 5) is 0. The molecule has 2 heterocycles. The molecule has 1 aliphatic heterocycles. The average Bonchev–Trinajstić information content (AvgIpc) is 2.74. The van der Waals surface area contributed by atoms with E-state index in [4.69, 9.17) is 0 Å². The van der Waals surface area contributed by atoms with E-state index in [9.17, 15) is 0 Å². The lowest BCUT2D eigenvalue weighted by Crippen LogP contribution is -2.24. The number of thiophene rings is 1. The third-order valence-corrected chi connectivity index (χ3v) is 4.99. The summed E-state index contributed by atoms with van der Waals surface area (Å²) in [5.41, 5.74) is 1.47. The first-order chi connectivity index (χ1) is 7.45. The first-order valence-electron chi connectivity index (χ1n) is 5.26. The molecule has 0 bridgehead atoms. The molecule has 15 heavy (non-hydrogen) atoms. The highest BCUT2D eigenvalue weighted by Gasteiger charge is 2.18. The van der Waals surface area contributed by atoms with Gasteiger partial charge in [0.25, 0.3) is 0 Å². The Balaban J connectivity index is 2.02. The molecule has 0 spiro atoms. The third-order valence-electron chi connectivity index (χ3n) is 2.73. The predicted molar refractivity (Wildman–Crippen MR) is 69.6 cm³/mol. The van der Waals surface area contributed by atoms with Crippen LogP contribution in [0.15, 0.2) is 29.6 Å². The minimum atomic E-state index is 0.509. The van der Waals surface area contributed by atoms with Crippen molar-refractivity contribution in [2.24, 2.45) is 0 Å². The number of nitrogens with one attached hydrogen (secondary N) is 1. The summed E-state index contributed by atoms with van der Waals surface area (Å²) in [6.07, 6.45) is 1.29. The summed E-state index contributed by atoms with van der Waals surface area (Å²) in [5.74, 6) is 1.28. The molecule has 2 aromatic rings. The summed E-state index contributed by atoms with van der Waals surface area (Å²) >= 11 is 3.89. The fourth-order valence-electron chi connectivity index (χ4n) is 1.97. The summed E-state index contributed by atoms with van der Waals surface area (Å²) in [6.45, 7) is 1.15. The Morgan fingerprint density at radius 2 is 2.20 bits per heavy atom. The van der Waals surface area contributed by atoms with Gasteiger partial charge < -0.3 is 5.32 Å². The highest BCUT2D eigenvalue weighted by atomic mass is 32.2. The summed E-state index contributed by atoms with van der Waals surface area (Å²) in [5, 5.41) is 7.82. The fourth-order valence-corrected chi connectivity index (χ4v) is 4.20. The quantitative estimate of drug-likeness (QED) is 0.810. The zero-order valence-corrected chi connectivity index (χ0v) is 10.0. The van der Waals surface area contributed by atoms with E-state index in [1.807, 2.05) is 23.1 Å². The van der Waals surface area contributed by atoms with Crippen molar-refractivity contribution < 1.29 is 0 Å². The Labute approximate surface area is 97.9 Å². The van der Waals surface area contributed by atoms with Gasteiger partial charge in [0.05, 0.1) is 5.37 Å². The van der Waals surface area contributed by atoms with Gasteiger partial charge in [0.1, 0.15) is 0 Å². The monoisotopic (exact) mass is 235 g/mol. The van der Waals surface area contributed by atoms with Gasteiger partial charge in [0, 0.05) is 4.70 Å². The van der Waals surface area contributed by atoms with Crippen LogP contribution in [0.4, 0.5) is 0 Å². The molecule has 1 saturated heterocycles. The maximum Gasteiger partial charge on any atom is 0.0803 e. The lowest BCUT2D eigenvalue weighted by atomic mass is 10.2. The second kappa shape index (κ2) is 4.16. The largest absolute Gasteiger partial charge is 0.302 e. The number of hydrogen-bond acceptors (Lipinski definition) is 3. The van der Waals surface area contributed by atoms with Gasteiger partial charge in [-0.1, -0.05) is 18.2 Å². The van der Waals surface area contributed by atoms with E-state index in [1.165, 1.54) is 27.8 Å². The molecule has 0 saturated carbocycles. The van der Waals surface area contributed by atoms with Crippen LogP contribution in [0.1, 0.15) is 17.4 Å². The molecular formula is C12H13NS2. The van der Waals surface area contributed by atoms with Gasteiger partial charge in [-0.15, -0.1) is 23.1 Å². The van der Waals surface area contributed by atoms with E-state index < -0.39 is 0 Å². The average molecular weight is 235 g/mol. The summed E-state index contributed by atoms with van der Waals surface area (Å²) in [7, 11) is 0. The van der Waals surface area contributed by atoms with Crippen LogP contribution in [0, 0.1) is 0 Å². The summed E-state index contributed by atoms with van der Waals surface area (Å²) in [6, 6.07) is 8.69. The van der Waals surface area contributed by atoms with Crippen LogP contribution < -0.4 is 5.32 Å². The van der Waals surface area contributed by atoms with Gasteiger partial charge in [-0.3, -0.25) is 0 Å². The molecule has 78 valence electrons. The Hall–Kier alpha value is -0.510. The first kappa shape index (κ1) is 9.70. The SMILES string of the molecule is c1ccc2c(C3NCCCS3)csc2c1. The number of thioether (sulfide) groups is 1. The highest BCUT2D eigenvalue weighted by molar-refractivity contribution is 7.99. The van der Waals surface area contributed by atoms with Gasteiger partial charge in [-0.05, 0) is 41.1 Å². The van der Waals surface area contributed by atoms with E-state index >= 15 is 0 Å². The molecule has 0 radical (unpaired) electrons. The van der Waals surface area contributed by atoms with Crippen molar-refractivity contribution >= 4 is 33.2 Å². The number of rotatable bonds is 1. The van der Waals surface area contributed by atoms with Gasteiger partial charge in [0.15, 0.2) is 0 Å². The highest BCUT2D eigenvalue weighted by Crippen LogP contribution is 2.37. The Bertz CT molecular complexity index is 457. The maximum atomic E-state index is 3.58. The second-order valence-electron chi connectivity index (χ2n) is 3.75. The van der Waals surface area contributed by atoms with Gasteiger partial charge in [-0.25, -0.2) is 0 Å². The summed E-state index contributed by atoms with van der Waals surface area (Å²) < 4.78 is 1.40. The Kier molecular flexibility index (Phi) is 2.69. The zero-order valence-electron chi connectivity index (χ0n) is 8.40. The van der Waals surface area contributed by atoms with Gasteiger partial charge >= 0.3 is 0 Å². The van der Waals surface area contributed by atoms with Crippen molar-refractivity contribution in [3.05, 3.63) is 35.2 Å². The van der Waals surface area contributed by atoms with Crippen molar-refractivity contribution in [3.8, 4) is 0 Å². The molecule has 1 aromatic heterocycles. The smallest absolute Gasteiger partial charge is 0.0803 e. The molecule has 0 aliphatic carbocycles. The lowest BCUT2D eigenvalue weighted by Gasteiger charge is -2.22. The molecule has 1 unspecified atom stereocenters. The fraction of sp³-hybridized carbons (Fsp3) is 0.333. The van der Waals surface area contributed by atoms with Crippen LogP contribution in [-0.2, 0) is 0 Å².